The maximum Gasteiger partial charge on any atom is 0.332 e. The van der Waals surface area contributed by atoms with Crippen LogP contribution in [0.1, 0.15) is 5.69 Å². The highest BCUT2D eigenvalue weighted by Crippen LogP contribution is 2.18. The van der Waals surface area contributed by atoms with Gasteiger partial charge in [0.25, 0.3) is 11.5 Å². The van der Waals surface area contributed by atoms with Crippen LogP contribution >= 0.6 is 23.2 Å². The first-order valence-electron chi connectivity index (χ1n) is 9.64. The lowest BCUT2D eigenvalue weighted by atomic mass is 9.96. The SMILES string of the molecule is COC(=O)[C@@H](Cc1nc2ccc(Cl)cc2[nH]c1=O)/C(=N/NC(N)=O)C(=O)Nc1ccc(Cl)cc1. The molecule has 34 heavy (non-hydrogen) atoms. The molecule has 0 aliphatic carbocycles. The number of amides is 3. The number of carbonyl (C=O) groups excluding carboxylic acids is 3. The molecular weight excluding hydrogens is 487 g/mol. The Morgan fingerprint density at radius 2 is 1.82 bits per heavy atom. The van der Waals surface area contributed by atoms with Gasteiger partial charge in [0.15, 0.2) is 0 Å². The first kappa shape index (κ1) is 24.7. The summed E-state index contributed by atoms with van der Waals surface area (Å²) in [5.74, 6) is -3.16. The number of fused-ring (bicyclic) bond motifs is 1. The monoisotopic (exact) mass is 504 g/mol. The number of hydrogen-bond donors (Lipinski definition) is 4. The lowest BCUT2D eigenvalue weighted by Gasteiger charge is -2.17. The summed E-state index contributed by atoms with van der Waals surface area (Å²) in [6, 6.07) is 9.74. The van der Waals surface area contributed by atoms with Gasteiger partial charge in [-0.05, 0) is 42.5 Å². The van der Waals surface area contributed by atoms with E-state index in [1.54, 1.807) is 12.1 Å². The molecule has 0 bridgehead atoms. The van der Waals surface area contributed by atoms with Crippen molar-refractivity contribution < 1.29 is 19.1 Å². The van der Waals surface area contributed by atoms with E-state index in [0.717, 1.165) is 7.11 Å². The molecule has 176 valence electrons. The van der Waals surface area contributed by atoms with Crippen LogP contribution in [0, 0.1) is 5.92 Å². The largest absolute Gasteiger partial charge is 0.468 e. The maximum absolute atomic E-state index is 13.0. The number of anilines is 1. The van der Waals surface area contributed by atoms with Crippen LogP contribution in [0.15, 0.2) is 52.4 Å². The number of halogens is 2. The molecule has 0 aliphatic rings. The van der Waals surface area contributed by atoms with Crippen molar-refractivity contribution in [3.63, 3.8) is 0 Å². The van der Waals surface area contributed by atoms with Gasteiger partial charge < -0.3 is 20.8 Å². The van der Waals surface area contributed by atoms with Crippen molar-refractivity contribution >= 4 is 63.5 Å². The third-order valence-electron chi connectivity index (χ3n) is 4.56. The van der Waals surface area contributed by atoms with Crippen LogP contribution in [-0.2, 0) is 20.7 Å². The van der Waals surface area contributed by atoms with E-state index in [9.17, 15) is 19.2 Å². The van der Waals surface area contributed by atoms with Crippen LogP contribution in [0.3, 0.4) is 0 Å². The summed E-state index contributed by atoms with van der Waals surface area (Å²) < 4.78 is 4.81. The summed E-state index contributed by atoms with van der Waals surface area (Å²) in [7, 11) is 1.10. The number of aromatic amines is 1. The number of hydrazone groups is 1. The zero-order valence-electron chi connectivity index (χ0n) is 17.6. The standard InChI is InChI=1S/C21H18Cl2N6O5/c1-34-20(32)13(9-16-18(30)27-15-8-11(23)4-7-14(15)26-16)17(28-29-21(24)33)19(31)25-12-5-2-10(22)3-6-12/h2-8,13H,9H2,1H3,(H,25,31)(H,27,30)(H3,24,29,33)/b28-17-/t13-/m0/s1. The number of nitrogens with two attached hydrogens (primary N) is 1. The fraction of sp³-hybridized carbons (Fsp3) is 0.143. The molecule has 5 N–H and O–H groups in total. The van der Waals surface area contributed by atoms with Crippen LogP contribution in [-0.4, -0.2) is 40.7 Å². The van der Waals surface area contributed by atoms with Gasteiger partial charge in [-0.25, -0.2) is 15.2 Å². The number of rotatable bonds is 7. The average molecular weight is 505 g/mol. The zero-order chi connectivity index (χ0) is 24.8. The van der Waals surface area contributed by atoms with E-state index in [-0.39, 0.29) is 12.1 Å². The quantitative estimate of drug-likeness (QED) is 0.218. The Balaban J connectivity index is 2.01. The van der Waals surface area contributed by atoms with Crippen molar-refractivity contribution in [1.29, 1.82) is 0 Å². The topological polar surface area (TPSA) is 169 Å². The van der Waals surface area contributed by atoms with E-state index < -0.39 is 35.1 Å². The Hall–Kier alpha value is -3.96. The molecule has 0 saturated carbocycles. The van der Waals surface area contributed by atoms with E-state index in [0.29, 0.717) is 26.8 Å². The molecule has 0 saturated heterocycles. The molecule has 3 amide bonds. The highest BCUT2D eigenvalue weighted by molar-refractivity contribution is 6.46. The Kier molecular flexibility index (Phi) is 7.82. The molecular formula is C21H18Cl2N6O5. The number of benzene rings is 2. The van der Waals surface area contributed by atoms with Gasteiger partial charge in [0.2, 0.25) is 0 Å². The van der Waals surface area contributed by atoms with E-state index in [4.69, 9.17) is 33.7 Å². The van der Waals surface area contributed by atoms with Crippen LogP contribution in [0.4, 0.5) is 10.5 Å². The summed E-state index contributed by atoms with van der Waals surface area (Å²) in [6.07, 6.45) is -0.367. The van der Waals surface area contributed by atoms with Crippen LogP contribution < -0.4 is 22.0 Å². The highest BCUT2D eigenvalue weighted by Gasteiger charge is 2.33. The van der Waals surface area contributed by atoms with Crippen LogP contribution in [0.2, 0.25) is 10.0 Å². The number of urea groups is 1. The molecule has 1 heterocycles. The Bertz CT molecular complexity index is 1340. The van der Waals surface area contributed by atoms with Crippen LogP contribution in [0.25, 0.3) is 11.0 Å². The van der Waals surface area contributed by atoms with Crippen LogP contribution in [0.5, 0.6) is 0 Å². The van der Waals surface area contributed by atoms with Gasteiger partial charge in [-0.3, -0.25) is 14.4 Å². The van der Waals surface area contributed by atoms with Crippen molar-refractivity contribution in [2.45, 2.75) is 6.42 Å². The van der Waals surface area contributed by atoms with Gasteiger partial charge in [0.1, 0.15) is 17.3 Å². The van der Waals surface area contributed by atoms with Crippen molar-refractivity contribution in [1.82, 2.24) is 15.4 Å². The average Bonchev–Trinajstić information content (AvgIpc) is 2.79. The lowest BCUT2D eigenvalue weighted by Crippen LogP contribution is -2.40. The highest BCUT2D eigenvalue weighted by atomic mass is 35.5. The van der Waals surface area contributed by atoms with Gasteiger partial charge in [-0.15, -0.1) is 0 Å². The summed E-state index contributed by atoms with van der Waals surface area (Å²) in [5, 5.41) is 7.08. The molecule has 1 aromatic heterocycles. The first-order valence-corrected chi connectivity index (χ1v) is 10.4. The molecule has 11 nitrogen and oxygen atoms in total. The first-order chi connectivity index (χ1) is 16.2. The molecule has 2 aromatic carbocycles. The Morgan fingerprint density at radius 3 is 2.47 bits per heavy atom. The normalized spacial score (nSPS) is 12.1. The number of nitrogens with one attached hydrogen (secondary N) is 3. The molecule has 0 unspecified atom stereocenters. The van der Waals surface area contributed by atoms with Gasteiger partial charge in [-0.2, -0.15) is 5.10 Å². The zero-order valence-corrected chi connectivity index (χ0v) is 19.1. The number of methoxy groups -OCH3 is 1. The van der Waals surface area contributed by atoms with Gasteiger partial charge in [-0.1, -0.05) is 23.2 Å². The number of hydrogen-bond acceptors (Lipinski definition) is 7. The maximum atomic E-state index is 13.0. The lowest BCUT2D eigenvalue weighted by molar-refractivity contribution is -0.143. The minimum absolute atomic E-state index is 0.0729. The molecule has 0 fully saturated rings. The van der Waals surface area contributed by atoms with Crippen molar-refractivity contribution in [2.24, 2.45) is 16.8 Å². The fourth-order valence-electron chi connectivity index (χ4n) is 2.99. The molecule has 13 heteroatoms. The molecule has 0 radical (unpaired) electrons. The van der Waals surface area contributed by atoms with Gasteiger partial charge in [0.05, 0.1) is 18.1 Å². The number of H-pyrrole nitrogens is 1. The van der Waals surface area contributed by atoms with Crippen molar-refractivity contribution in [3.8, 4) is 0 Å². The van der Waals surface area contributed by atoms with E-state index in [1.165, 1.54) is 30.3 Å². The number of primary amides is 1. The predicted octanol–water partition coefficient (Wildman–Crippen LogP) is 2.22. The molecule has 0 spiro atoms. The number of nitrogens with zero attached hydrogens (tertiary/aromatic N) is 2. The summed E-state index contributed by atoms with van der Waals surface area (Å²) in [6.45, 7) is 0. The number of aromatic nitrogens is 2. The number of esters is 1. The molecule has 1 atom stereocenters. The van der Waals surface area contributed by atoms with E-state index >= 15 is 0 Å². The minimum atomic E-state index is -1.41. The summed E-state index contributed by atoms with van der Waals surface area (Å²) >= 11 is 11.8. The molecule has 3 aromatic rings. The molecule has 0 aliphatic heterocycles. The third-order valence-corrected chi connectivity index (χ3v) is 5.05. The second-order valence-electron chi connectivity index (χ2n) is 6.89. The molecule has 3 rings (SSSR count). The summed E-state index contributed by atoms with van der Waals surface area (Å²) in [5.41, 5.74) is 7.00. The number of ether oxygens (including phenoxy) is 1. The second kappa shape index (κ2) is 10.8. The predicted molar refractivity (Wildman–Crippen MR) is 127 cm³/mol. The second-order valence-corrected chi connectivity index (χ2v) is 7.76. The fourth-order valence-corrected chi connectivity index (χ4v) is 3.29. The minimum Gasteiger partial charge on any atom is -0.468 e. The third kappa shape index (κ3) is 6.09. The van der Waals surface area contributed by atoms with E-state index in [2.05, 4.69) is 20.4 Å². The van der Waals surface area contributed by atoms with Gasteiger partial charge in [0, 0.05) is 22.2 Å². The number of carbonyl (C=O) groups is 3. The Labute approximate surface area is 202 Å². The Morgan fingerprint density at radius 1 is 1.15 bits per heavy atom. The van der Waals surface area contributed by atoms with Crippen molar-refractivity contribution in [3.05, 3.63) is 68.6 Å². The van der Waals surface area contributed by atoms with E-state index in [1.807, 2.05) is 5.43 Å². The summed E-state index contributed by atoms with van der Waals surface area (Å²) in [4.78, 5) is 56.4. The smallest absolute Gasteiger partial charge is 0.332 e. The van der Waals surface area contributed by atoms with Crippen molar-refractivity contribution in [2.75, 3.05) is 12.4 Å². The van der Waals surface area contributed by atoms with Gasteiger partial charge >= 0.3 is 12.0 Å².